The number of esters is 2. The second kappa shape index (κ2) is 10.3. The van der Waals surface area contributed by atoms with Crippen molar-refractivity contribution >= 4 is 11.9 Å². The van der Waals surface area contributed by atoms with Gasteiger partial charge in [-0.15, -0.1) is 0 Å². The molecule has 7 nitrogen and oxygen atoms in total. The van der Waals surface area contributed by atoms with Crippen LogP contribution in [0.2, 0.25) is 0 Å². The third-order valence-electron chi connectivity index (χ3n) is 2.08. The fourth-order valence-corrected chi connectivity index (χ4v) is 1.29. The number of nitrogens with zero attached hydrogens (tertiary/aromatic N) is 1. The molecule has 19 heavy (non-hydrogen) atoms. The van der Waals surface area contributed by atoms with E-state index in [9.17, 15) is 9.59 Å². The molecule has 0 heterocycles. The van der Waals surface area contributed by atoms with Crippen molar-refractivity contribution in [2.24, 2.45) is 0 Å². The molecule has 0 radical (unpaired) electrons. The summed E-state index contributed by atoms with van der Waals surface area (Å²) in [5.41, 5.74) is -0.259. The Morgan fingerprint density at radius 2 is 1.42 bits per heavy atom. The van der Waals surface area contributed by atoms with Crippen LogP contribution in [-0.2, 0) is 19.1 Å². The van der Waals surface area contributed by atoms with Gasteiger partial charge in [-0.2, -0.15) is 0 Å². The van der Waals surface area contributed by atoms with Gasteiger partial charge in [0.05, 0.1) is 26.4 Å². The largest absolute Gasteiger partial charge is 0.462 e. The van der Waals surface area contributed by atoms with Crippen LogP contribution < -0.4 is 0 Å². The third kappa shape index (κ3) is 6.78. The molecule has 2 N–H and O–H groups in total. The van der Waals surface area contributed by atoms with E-state index in [-0.39, 0.29) is 45.1 Å². The Bertz CT molecular complexity index is 289. The lowest BCUT2D eigenvalue weighted by atomic mass is 10.3. The first kappa shape index (κ1) is 17.4. The molecule has 0 aliphatic carbocycles. The number of carbonyl (C=O) groups excluding carboxylic acids is 2. The normalized spacial score (nSPS) is 9.68. The van der Waals surface area contributed by atoms with Gasteiger partial charge in [0.2, 0.25) is 0 Å². The molecule has 0 unspecified atom stereocenters. The summed E-state index contributed by atoms with van der Waals surface area (Å²) >= 11 is 0. The van der Waals surface area contributed by atoms with Crippen LogP contribution in [0.15, 0.2) is 11.8 Å². The molecule has 0 rings (SSSR count). The van der Waals surface area contributed by atoms with Crippen molar-refractivity contribution in [1.29, 1.82) is 0 Å². The van der Waals surface area contributed by atoms with Gasteiger partial charge in [-0.1, -0.05) is 0 Å². The van der Waals surface area contributed by atoms with Crippen LogP contribution in [0.4, 0.5) is 0 Å². The molecule has 0 saturated carbocycles. The highest BCUT2D eigenvalue weighted by molar-refractivity contribution is 6.13. The maximum Gasteiger partial charge on any atom is 0.347 e. The van der Waals surface area contributed by atoms with Crippen LogP contribution in [0.1, 0.15) is 13.8 Å². The topological polar surface area (TPSA) is 96.3 Å². The van der Waals surface area contributed by atoms with Gasteiger partial charge < -0.3 is 24.6 Å². The number of ether oxygens (including phenoxy) is 2. The van der Waals surface area contributed by atoms with Gasteiger partial charge in [-0.05, 0) is 13.8 Å². The van der Waals surface area contributed by atoms with Crippen molar-refractivity contribution in [2.75, 3.05) is 39.5 Å². The Morgan fingerprint density at radius 1 is 1.00 bits per heavy atom. The Morgan fingerprint density at radius 3 is 1.74 bits per heavy atom. The Hall–Kier alpha value is -1.60. The van der Waals surface area contributed by atoms with E-state index < -0.39 is 11.9 Å². The first-order valence-corrected chi connectivity index (χ1v) is 6.12. The van der Waals surface area contributed by atoms with E-state index in [0.29, 0.717) is 0 Å². The zero-order valence-electron chi connectivity index (χ0n) is 11.3. The molecule has 0 aromatic heterocycles. The highest BCUT2D eigenvalue weighted by atomic mass is 16.6. The van der Waals surface area contributed by atoms with Crippen molar-refractivity contribution in [3.8, 4) is 0 Å². The van der Waals surface area contributed by atoms with Crippen LogP contribution in [0.5, 0.6) is 0 Å². The number of carbonyl (C=O) groups is 2. The fourth-order valence-electron chi connectivity index (χ4n) is 1.29. The molecular weight excluding hydrogens is 254 g/mol. The molecule has 0 bridgehead atoms. The van der Waals surface area contributed by atoms with Gasteiger partial charge in [0.1, 0.15) is 0 Å². The van der Waals surface area contributed by atoms with Gasteiger partial charge in [0.15, 0.2) is 5.57 Å². The van der Waals surface area contributed by atoms with Crippen molar-refractivity contribution in [3.05, 3.63) is 11.8 Å². The third-order valence-corrected chi connectivity index (χ3v) is 2.08. The molecule has 0 aliphatic rings. The molecule has 0 fully saturated rings. The average Bonchev–Trinajstić information content (AvgIpc) is 2.36. The van der Waals surface area contributed by atoms with E-state index >= 15 is 0 Å². The maximum absolute atomic E-state index is 11.7. The summed E-state index contributed by atoms with van der Waals surface area (Å²) in [4.78, 5) is 24.8. The quantitative estimate of drug-likeness (QED) is 0.248. The van der Waals surface area contributed by atoms with Gasteiger partial charge in [0.25, 0.3) is 0 Å². The molecule has 0 amide bonds. The van der Waals surface area contributed by atoms with Crippen LogP contribution >= 0.6 is 0 Å². The van der Waals surface area contributed by atoms with E-state index in [0.717, 1.165) is 0 Å². The van der Waals surface area contributed by atoms with E-state index in [1.54, 1.807) is 13.8 Å². The molecule has 110 valence electrons. The Labute approximate surface area is 112 Å². The first-order chi connectivity index (χ1) is 9.10. The summed E-state index contributed by atoms with van der Waals surface area (Å²) in [6.45, 7) is 3.54. The zero-order valence-corrected chi connectivity index (χ0v) is 11.3. The van der Waals surface area contributed by atoms with E-state index in [1.165, 1.54) is 11.1 Å². The highest BCUT2D eigenvalue weighted by Gasteiger charge is 2.22. The summed E-state index contributed by atoms with van der Waals surface area (Å²) < 4.78 is 9.54. The minimum atomic E-state index is -0.790. The van der Waals surface area contributed by atoms with Crippen LogP contribution in [0.3, 0.4) is 0 Å². The van der Waals surface area contributed by atoms with E-state index in [4.69, 9.17) is 19.7 Å². The number of hydrogen-bond acceptors (Lipinski definition) is 7. The Balaban J connectivity index is 5.05. The number of aliphatic hydroxyl groups excluding tert-OH is 2. The Kier molecular flexibility index (Phi) is 9.46. The first-order valence-electron chi connectivity index (χ1n) is 6.12. The highest BCUT2D eigenvalue weighted by Crippen LogP contribution is 2.05. The molecule has 7 heteroatoms. The molecule has 0 atom stereocenters. The SMILES string of the molecule is CCOC(=O)C(=CN(CCO)CCO)C(=O)OCC. The van der Waals surface area contributed by atoms with E-state index in [2.05, 4.69) is 0 Å². The van der Waals surface area contributed by atoms with Crippen LogP contribution in [0, 0.1) is 0 Å². The summed E-state index contributed by atoms with van der Waals surface area (Å²) in [5, 5.41) is 17.8. The molecule has 0 aromatic carbocycles. The predicted molar refractivity (Wildman–Crippen MR) is 67.1 cm³/mol. The van der Waals surface area contributed by atoms with E-state index in [1.807, 2.05) is 0 Å². The van der Waals surface area contributed by atoms with Crippen molar-refractivity contribution in [1.82, 2.24) is 4.90 Å². The van der Waals surface area contributed by atoms with Crippen molar-refractivity contribution in [3.63, 3.8) is 0 Å². The summed E-state index contributed by atoms with van der Waals surface area (Å²) in [6, 6.07) is 0. The molecule has 0 aliphatic heterocycles. The minimum absolute atomic E-state index is 0.135. The van der Waals surface area contributed by atoms with Gasteiger partial charge in [-0.3, -0.25) is 0 Å². The standard InChI is InChI=1S/C12H21NO6/c1-3-18-11(16)10(12(17)19-4-2)9-13(5-7-14)6-8-15/h9,14-15H,3-8H2,1-2H3. The summed E-state index contributed by atoms with van der Waals surface area (Å²) in [5.74, 6) is -1.58. The summed E-state index contributed by atoms with van der Waals surface area (Å²) in [6.07, 6.45) is 1.24. The average molecular weight is 275 g/mol. The van der Waals surface area contributed by atoms with Crippen molar-refractivity contribution < 1.29 is 29.3 Å². The van der Waals surface area contributed by atoms with Gasteiger partial charge in [0, 0.05) is 19.3 Å². The molecule has 0 aromatic rings. The second-order valence-corrected chi connectivity index (χ2v) is 3.47. The zero-order chi connectivity index (χ0) is 14.7. The number of hydrogen-bond donors (Lipinski definition) is 2. The van der Waals surface area contributed by atoms with Gasteiger partial charge in [-0.25, -0.2) is 9.59 Å². The predicted octanol–water partition coefficient (Wildman–Crippen LogP) is -0.717. The summed E-state index contributed by atoms with van der Waals surface area (Å²) in [7, 11) is 0. The van der Waals surface area contributed by atoms with Gasteiger partial charge >= 0.3 is 11.9 Å². The lowest BCUT2D eigenvalue weighted by Crippen LogP contribution is -2.28. The molecular formula is C12H21NO6. The monoisotopic (exact) mass is 275 g/mol. The lowest BCUT2D eigenvalue weighted by Gasteiger charge is -2.19. The number of rotatable bonds is 9. The molecule has 0 spiro atoms. The fraction of sp³-hybridized carbons (Fsp3) is 0.667. The minimum Gasteiger partial charge on any atom is -0.462 e. The maximum atomic E-state index is 11.7. The second-order valence-electron chi connectivity index (χ2n) is 3.47. The lowest BCUT2D eigenvalue weighted by molar-refractivity contribution is -0.146. The van der Waals surface area contributed by atoms with Crippen LogP contribution in [0.25, 0.3) is 0 Å². The molecule has 0 saturated heterocycles. The number of aliphatic hydroxyl groups is 2. The van der Waals surface area contributed by atoms with Crippen LogP contribution in [-0.4, -0.2) is 66.6 Å². The smallest absolute Gasteiger partial charge is 0.347 e. The van der Waals surface area contributed by atoms with Crippen molar-refractivity contribution in [2.45, 2.75) is 13.8 Å².